The summed E-state index contributed by atoms with van der Waals surface area (Å²) in [6, 6.07) is 7.31. The maximum atomic E-state index is 12.1. The predicted octanol–water partition coefficient (Wildman–Crippen LogP) is 3.68. The van der Waals surface area contributed by atoms with Crippen molar-refractivity contribution in [1.29, 1.82) is 0 Å². The minimum atomic E-state index is -0.659. The van der Waals surface area contributed by atoms with Crippen LogP contribution >= 0.6 is 35.0 Å². The van der Waals surface area contributed by atoms with Crippen LogP contribution in [-0.2, 0) is 19.1 Å². The van der Waals surface area contributed by atoms with Gasteiger partial charge in [-0.05, 0) is 24.6 Å². The van der Waals surface area contributed by atoms with E-state index in [4.69, 9.17) is 27.9 Å². The Labute approximate surface area is 175 Å². The molecule has 1 aromatic heterocycles. The summed E-state index contributed by atoms with van der Waals surface area (Å²) in [7, 11) is 0. The van der Waals surface area contributed by atoms with Crippen molar-refractivity contribution >= 4 is 64.3 Å². The predicted molar refractivity (Wildman–Crippen MR) is 108 cm³/mol. The van der Waals surface area contributed by atoms with E-state index in [1.54, 1.807) is 13.0 Å². The van der Waals surface area contributed by atoms with Crippen molar-refractivity contribution in [3.8, 4) is 0 Å². The molecule has 1 aromatic carbocycles. The molecule has 0 radical (unpaired) electrons. The van der Waals surface area contributed by atoms with Gasteiger partial charge in [-0.3, -0.25) is 14.4 Å². The van der Waals surface area contributed by atoms with Gasteiger partial charge < -0.3 is 15.4 Å². The molecule has 1 aliphatic rings. The number of thioether (sulfide) groups is 1. The summed E-state index contributed by atoms with van der Waals surface area (Å²) in [6.45, 7) is 1.17. The number of halogens is 2. The molecule has 0 saturated carbocycles. The number of nitrogens with one attached hydrogen (secondary N) is 2. The molecule has 2 N–H and O–H groups in total. The number of hydrogen-bond acceptors (Lipinski definition) is 6. The molecule has 2 aromatic rings. The third-order valence-electron chi connectivity index (χ3n) is 3.88. The van der Waals surface area contributed by atoms with Gasteiger partial charge in [0.15, 0.2) is 12.4 Å². The van der Waals surface area contributed by atoms with Crippen molar-refractivity contribution < 1.29 is 19.1 Å². The fourth-order valence-electron chi connectivity index (χ4n) is 2.40. The lowest BCUT2D eigenvalue weighted by Crippen LogP contribution is -2.32. The Morgan fingerprint density at radius 2 is 2.07 bits per heavy atom. The molecule has 0 saturated heterocycles. The number of pyridine rings is 1. The van der Waals surface area contributed by atoms with E-state index in [1.165, 1.54) is 18.0 Å². The maximum Gasteiger partial charge on any atom is 0.307 e. The first-order valence-electron chi connectivity index (χ1n) is 8.17. The number of anilines is 2. The van der Waals surface area contributed by atoms with E-state index in [9.17, 15) is 14.4 Å². The van der Waals surface area contributed by atoms with Gasteiger partial charge in [-0.25, -0.2) is 4.98 Å². The normalized spacial score (nSPS) is 15.4. The summed E-state index contributed by atoms with van der Waals surface area (Å²) in [4.78, 5) is 40.9. The molecule has 1 atom stereocenters. The average Bonchev–Trinajstić information content (AvgIpc) is 2.67. The third kappa shape index (κ3) is 4.76. The molecule has 0 bridgehead atoms. The van der Waals surface area contributed by atoms with Gasteiger partial charge in [-0.1, -0.05) is 35.3 Å². The number of ether oxygens (including phenoxy) is 1. The maximum absolute atomic E-state index is 12.1. The van der Waals surface area contributed by atoms with Crippen LogP contribution in [0.1, 0.15) is 12.0 Å². The lowest BCUT2D eigenvalue weighted by molar-refractivity contribution is -0.147. The number of fused-ring (bicyclic) bond motifs is 1. The van der Waals surface area contributed by atoms with E-state index >= 15 is 0 Å². The lowest BCUT2D eigenvalue weighted by Gasteiger charge is -2.23. The van der Waals surface area contributed by atoms with E-state index in [0.29, 0.717) is 16.3 Å². The number of benzene rings is 1. The minimum absolute atomic E-state index is 0.128. The van der Waals surface area contributed by atoms with Crippen molar-refractivity contribution in [3.05, 3.63) is 46.1 Å². The molecule has 3 rings (SSSR count). The highest BCUT2D eigenvalue weighted by Gasteiger charge is 2.29. The van der Waals surface area contributed by atoms with Crippen LogP contribution in [0, 0.1) is 6.92 Å². The van der Waals surface area contributed by atoms with Gasteiger partial charge >= 0.3 is 5.97 Å². The van der Waals surface area contributed by atoms with Gasteiger partial charge in [0.25, 0.3) is 5.91 Å². The van der Waals surface area contributed by atoms with E-state index in [2.05, 4.69) is 15.6 Å². The highest BCUT2D eigenvalue weighted by atomic mass is 35.5. The molecule has 0 unspecified atom stereocenters. The van der Waals surface area contributed by atoms with Crippen LogP contribution in [-0.4, -0.2) is 34.6 Å². The zero-order valence-corrected chi connectivity index (χ0v) is 17.0. The Hall–Kier alpha value is -2.29. The molecule has 2 heterocycles. The Kier molecular flexibility index (Phi) is 6.43. The fraction of sp³-hybridized carbons (Fsp3) is 0.222. The summed E-state index contributed by atoms with van der Waals surface area (Å²) in [6.07, 6.45) is 1.21. The summed E-state index contributed by atoms with van der Waals surface area (Å²) in [5.41, 5.74) is 1.29. The van der Waals surface area contributed by atoms with Crippen molar-refractivity contribution in [2.24, 2.45) is 0 Å². The minimum Gasteiger partial charge on any atom is -0.456 e. The molecule has 0 aliphatic carbocycles. The number of carbonyl (C=O) groups excluding carboxylic acids is 3. The number of amides is 2. The zero-order valence-electron chi connectivity index (χ0n) is 14.6. The van der Waals surface area contributed by atoms with E-state index in [0.717, 1.165) is 4.90 Å². The van der Waals surface area contributed by atoms with Gasteiger partial charge in [0, 0.05) is 11.1 Å². The number of nitrogens with zero attached hydrogens (tertiary/aromatic N) is 1. The highest BCUT2D eigenvalue weighted by molar-refractivity contribution is 8.01. The monoisotopic (exact) mass is 439 g/mol. The molecular weight excluding hydrogens is 425 g/mol. The Bertz CT molecular complexity index is 954. The molecule has 10 heteroatoms. The number of aromatic nitrogens is 1. The number of para-hydroxylation sites is 1. The zero-order chi connectivity index (χ0) is 20.3. The first-order valence-corrected chi connectivity index (χ1v) is 9.81. The number of rotatable bonds is 5. The van der Waals surface area contributed by atoms with Crippen LogP contribution in [0.25, 0.3) is 0 Å². The second kappa shape index (κ2) is 8.81. The van der Waals surface area contributed by atoms with Crippen molar-refractivity contribution in [3.63, 3.8) is 0 Å². The Morgan fingerprint density at radius 3 is 2.86 bits per heavy atom. The first kappa shape index (κ1) is 20.4. The highest BCUT2D eigenvalue weighted by Crippen LogP contribution is 2.36. The lowest BCUT2D eigenvalue weighted by atomic mass is 10.2. The van der Waals surface area contributed by atoms with Crippen LogP contribution in [0.15, 0.2) is 35.4 Å². The third-order valence-corrected chi connectivity index (χ3v) is 6.00. The Morgan fingerprint density at radius 1 is 1.32 bits per heavy atom. The molecule has 0 spiro atoms. The fourth-order valence-corrected chi connectivity index (χ4v) is 3.88. The SMILES string of the molecule is Cc1c(Cl)cnc(NC(=O)COC(=O)C[C@@H]2Sc3ccccc3NC2=O)c1Cl. The van der Waals surface area contributed by atoms with Gasteiger partial charge in [-0.2, -0.15) is 0 Å². The van der Waals surface area contributed by atoms with Crippen LogP contribution in [0.3, 0.4) is 0 Å². The second-order valence-corrected chi connectivity index (χ2v) is 7.93. The van der Waals surface area contributed by atoms with Crippen molar-refractivity contribution in [2.45, 2.75) is 23.5 Å². The van der Waals surface area contributed by atoms with Gasteiger partial charge in [0.2, 0.25) is 5.91 Å². The van der Waals surface area contributed by atoms with E-state index < -0.39 is 23.7 Å². The molecule has 0 fully saturated rings. The van der Waals surface area contributed by atoms with Gasteiger partial charge in [0.1, 0.15) is 0 Å². The average molecular weight is 440 g/mol. The van der Waals surface area contributed by atoms with Crippen LogP contribution < -0.4 is 10.6 Å². The van der Waals surface area contributed by atoms with Crippen LogP contribution in [0.5, 0.6) is 0 Å². The standard InChI is InChI=1S/C18H15Cl2N3O4S/c1-9-10(19)7-21-17(16(9)20)23-14(24)8-27-15(25)6-13-18(26)22-11-4-2-3-5-12(11)28-13/h2-5,7,13H,6,8H2,1H3,(H,22,26)(H,21,23,24)/t13-/m0/s1. The summed E-state index contributed by atoms with van der Waals surface area (Å²) >= 11 is 13.3. The summed E-state index contributed by atoms with van der Waals surface area (Å²) < 4.78 is 4.97. The summed E-state index contributed by atoms with van der Waals surface area (Å²) in [5, 5.41) is 5.16. The van der Waals surface area contributed by atoms with Gasteiger partial charge in [0.05, 0.1) is 27.4 Å². The molecule has 146 valence electrons. The second-order valence-electron chi connectivity index (χ2n) is 5.90. The first-order chi connectivity index (χ1) is 13.3. The van der Waals surface area contributed by atoms with E-state index in [1.807, 2.05) is 18.2 Å². The quantitative estimate of drug-likeness (QED) is 0.689. The molecule has 2 amide bonds. The Balaban J connectivity index is 1.51. The number of esters is 1. The number of hydrogen-bond donors (Lipinski definition) is 2. The largest absolute Gasteiger partial charge is 0.456 e. The number of carbonyl (C=O) groups is 3. The van der Waals surface area contributed by atoms with Crippen LogP contribution in [0.4, 0.5) is 11.5 Å². The van der Waals surface area contributed by atoms with Gasteiger partial charge in [-0.15, -0.1) is 11.8 Å². The molecule has 1 aliphatic heterocycles. The van der Waals surface area contributed by atoms with Crippen molar-refractivity contribution in [2.75, 3.05) is 17.2 Å². The van der Waals surface area contributed by atoms with E-state index in [-0.39, 0.29) is 23.2 Å². The van der Waals surface area contributed by atoms with Crippen LogP contribution in [0.2, 0.25) is 10.0 Å². The molecular formula is C18H15Cl2N3O4S. The van der Waals surface area contributed by atoms with Crippen molar-refractivity contribution in [1.82, 2.24) is 4.98 Å². The molecule has 28 heavy (non-hydrogen) atoms. The molecule has 7 nitrogen and oxygen atoms in total. The summed E-state index contributed by atoms with van der Waals surface area (Å²) in [5.74, 6) is -1.41. The topological polar surface area (TPSA) is 97.4 Å². The smallest absolute Gasteiger partial charge is 0.307 e.